The largest absolute Gasteiger partial charge is 0.480 e. The Morgan fingerprint density at radius 1 is 0.964 bits per heavy atom. The molecule has 1 atom stereocenters. The predicted molar refractivity (Wildman–Crippen MR) is 109 cm³/mol. The summed E-state index contributed by atoms with van der Waals surface area (Å²) in [5.74, 6) is -0.0551. The van der Waals surface area contributed by atoms with Crippen LogP contribution in [0.3, 0.4) is 0 Å². The Labute approximate surface area is 164 Å². The summed E-state index contributed by atoms with van der Waals surface area (Å²) in [6, 6.07) is 19.4. The summed E-state index contributed by atoms with van der Waals surface area (Å²) in [4.78, 5) is 21.0. The number of aromatic nitrogens is 2. The molecule has 1 aromatic heterocycles. The van der Waals surface area contributed by atoms with Crippen LogP contribution in [0.15, 0.2) is 66.9 Å². The average Bonchev–Trinajstić information content (AvgIpc) is 3.11. The van der Waals surface area contributed by atoms with E-state index in [1.807, 2.05) is 65.0 Å². The molecular weight excluding hydrogens is 352 g/mol. The molecule has 1 aliphatic heterocycles. The maximum Gasteiger partial charge on any atom is 0.327 e. The molecule has 2 heterocycles. The van der Waals surface area contributed by atoms with Crippen LogP contribution in [-0.4, -0.2) is 51.7 Å². The van der Waals surface area contributed by atoms with Gasteiger partial charge in [-0.2, -0.15) is 0 Å². The lowest BCUT2D eigenvalue weighted by atomic mass is 10.1. The molecule has 28 heavy (non-hydrogen) atoms. The lowest BCUT2D eigenvalue weighted by molar-refractivity contribution is -0.144. The Morgan fingerprint density at radius 2 is 1.57 bits per heavy atom. The molecule has 0 aliphatic carbocycles. The van der Waals surface area contributed by atoms with Crippen LogP contribution in [0.25, 0.3) is 11.4 Å². The summed E-state index contributed by atoms with van der Waals surface area (Å²) in [6.07, 6.45) is 1.70. The lowest BCUT2D eigenvalue weighted by Gasteiger charge is -2.38. The van der Waals surface area contributed by atoms with Gasteiger partial charge in [0.2, 0.25) is 0 Å². The topological polar surface area (TPSA) is 61.6 Å². The minimum atomic E-state index is -0.837. The fraction of sp³-hybridized carbons (Fsp3) is 0.273. The van der Waals surface area contributed by atoms with Gasteiger partial charge in [-0.3, -0.25) is 9.69 Å². The molecule has 0 spiro atoms. The molecule has 0 saturated carbocycles. The molecule has 0 radical (unpaired) electrons. The molecule has 1 saturated heterocycles. The Morgan fingerprint density at radius 3 is 2.18 bits per heavy atom. The Balaban J connectivity index is 1.55. The molecule has 1 aliphatic rings. The fourth-order valence-corrected chi connectivity index (χ4v) is 3.88. The molecule has 2 aromatic carbocycles. The van der Waals surface area contributed by atoms with Crippen LogP contribution in [0.2, 0.25) is 0 Å². The van der Waals surface area contributed by atoms with Gasteiger partial charge in [-0.25, -0.2) is 4.98 Å². The van der Waals surface area contributed by atoms with Crippen LogP contribution < -0.4 is 4.90 Å². The molecular formula is C22H24N4O2. The second kappa shape index (κ2) is 7.86. The Hall–Kier alpha value is -3.12. The zero-order chi connectivity index (χ0) is 19.5. The van der Waals surface area contributed by atoms with Gasteiger partial charge in [0.05, 0.1) is 11.9 Å². The van der Waals surface area contributed by atoms with E-state index in [1.165, 1.54) is 5.69 Å². The Kier molecular flexibility index (Phi) is 5.12. The van der Waals surface area contributed by atoms with Crippen LogP contribution >= 0.6 is 0 Å². The third kappa shape index (κ3) is 3.51. The number of hydrogen-bond donors (Lipinski definition) is 1. The molecule has 6 nitrogen and oxygen atoms in total. The van der Waals surface area contributed by atoms with Crippen LogP contribution in [0.5, 0.6) is 0 Å². The van der Waals surface area contributed by atoms with Gasteiger partial charge < -0.3 is 14.6 Å². The summed E-state index contributed by atoms with van der Waals surface area (Å²) in [5, 5.41) is 9.97. The second-order valence-electron chi connectivity index (χ2n) is 7.03. The first-order chi connectivity index (χ1) is 13.6. The predicted octanol–water partition coefficient (Wildman–Crippen LogP) is 3.04. The smallest absolute Gasteiger partial charge is 0.327 e. The third-order valence-corrected chi connectivity index (χ3v) is 5.37. The number of anilines is 1. The van der Waals surface area contributed by atoms with Gasteiger partial charge in [0.25, 0.3) is 0 Å². The number of benzene rings is 2. The first-order valence-corrected chi connectivity index (χ1v) is 9.49. The van der Waals surface area contributed by atoms with Crippen LogP contribution in [0.1, 0.15) is 11.7 Å². The monoisotopic (exact) mass is 376 g/mol. The van der Waals surface area contributed by atoms with Crippen molar-refractivity contribution in [1.82, 2.24) is 14.5 Å². The van der Waals surface area contributed by atoms with Crippen molar-refractivity contribution in [1.29, 1.82) is 0 Å². The maximum atomic E-state index is 12.2. The van der Waals surface area contributed by atoms with E-state index in [-0.39, 0.29) is 0 Å². The number of nitrogens with zero attached hydrogens (tertiary/aromatic N) is 4. The van der Waals surface area contributed by atoms with Crippen LogP contribution in [0.4, 0.5) is 5.69 Å². The number of aliphatic carboxylic acids is 1. The van der Waals surface area contributed by atoms with Crippen LogP contribution in [0, 0.1) is 0 Å². The van der Waals surface area contributed by atoms with Gasteiger partial charge >= 0.3 is 5.97 Å². The summed E-state index contributed by atoms with van der Waals surface area (Å²) in [5.41, 5.74) is 2.87. The molecule has 4 rings (SSSR count). The highest BCUT2D eigenvalue weighted by atomic mass is 16.4. The zero-order valence-corrected chi connectivity index (χ0v) is 15.9. The van der Waals surface area contributed by atoms with E-state index in [4.69, 9.17) is 0 Å². The molecule has 1 N–H and O–H groups in total. The van der Waals surface area contributed by atoms with Crippen LogP contribution in [-0.2, 0) is 11.8 Å². The highest BCUT2D eigenvalue weighted by Crippen LogP contribution is 2.27. The normalized spacial score (nSPS) is 16.1. The van der Waals surface area contributed by atoms with Gasteiger partial charge in [0, 0.05) is 44.5 Å². The van der Waals surface area contributed by atoms with Crippen molar-refractivity contribution in [3.63, 3.8) is 0 Å². The summed E-state index contributed by atoms with van der Waals surface area (Å²) < 4.78 is 1.90. The minimum absolute atomic E-state index is 0.692. The molecule has 6 heteroatoms. The first kappa shape index (κ1) is 18.3. The summed E-state index contributed by atoms with van der Waals surface area (Å²) in [6.45, 7) is 2.99. The number of rotatable bonds is 5. The number of para-hydroxylation sites is 1. The molecule has 3 aromatic rings. The number of carboxylic acids is 1. The molecule has 1 fully saturated rings. The lowest BCUT2D eigenvalue weighted by Crippen LogP contribution is -2.49. The number of imidazole rings is 1. The quantitative estimate of drug-likeness (QED) is 0.742. The van der Waals surface area contributed by atoms with Crippen molar-refractivity contribution >= 4 is 11.7 Å². The van der Waals surface area contributed by atoms with E-state index in [2.05, 4.69) is 22.0 Å². The SMILES string of the molecule is Cn1c(C(C(=O)O)N2CCN(c3ccccc3)CC2)cnc1-c1ccccc1. The zero-order valence-electron chi connectivity index (χ0n) is 15.9. The number of carboxylic acid groups (broad SMARTS) is 1. The van der Waals surface area contributed by atoms with Gasteiger partial charge in [-0.1, -0.05) is 48.5 Å². The van der Waals surface area contributed by atoms with E-state index < -0.39 is 12.0 Å². The van der Waals surface area contributed by atoms with Gasteiger partial charge in [-0.05, 0) is 12.1 Å². The highest BCUT2D eigenvalue weighted by molar-refractivity contribution is 5.75. The standard InChI is InChI=1S/C22H24N4O2/c1-24-19(16-23-21(24)17-8-4-2-5-9-17)20(22(27)28)26-14-12-25(13-15-26)18-10-6-3-7-11-18/h2-11,16,20H,12-15H2,1H3,(H,27,28). The van der Waals surface area contributed by atoms with Crippen molar-refractivity contribution in [2.45, 2.75) is 6.04 Å². The molecule has 1 unspecified atom stereocenters. The van der Waals surface area contributed by atoms with E-state index in [9.17, 15) is 9.90 Å². The number of hydrogen-bond acceptors (Lipinski definition) is 4. The number of carbonyl (C=O) groups is 1. The Bertz CT molecular complexity index is 932. The fourth-order valence-electron chi connectivity index (χ4n) is 3.88. The van der Waals surface area contributed by atoms with Gasteiger partial charge in [-0.15, -0.1) is 0 Å². The van der Waals surface area contributed by atoms with Crippen molar-refractivity contribution in [2.75, 3.05) is 31.1 Å². The highest BCUT2D eigenvalue weighted by Gasteiger charge is 2.33. The van der Waals surface area contributed by atoms with Crippen molar-refractivity contribution in [2.24, 2.45) is 7.05 Å². The maximum absolute atomic E-state index is 12.2. The first-order valence-electron chi connectivity index (χ1n) is 9.49. The van der Waals surface area contributed by atoms with E-state index in [0.717, 1.165) is 24.5 Å². The van der Waals surface area contributed by atoms with E-state index in [1.54, 1.807) is 6.20 Å². The van der Waals surface area contributed by atoms with Gasteiger partial charge in [0.1, 0.15) is 5.82 Å². The summed E-state index contributed by atoms with van der Waals surface area (Å²) >= 11 is 0. The molecule has 0 bridgehead atoms. The second-order valence-corrected chi connectivity index (χ2v) is 7.03. The van der Waals surface area contributed by atoms with Crippen molar-refractivity contribution in [3.8, 4) is 11.4 Å². The van der Waals surface area contributed by atoms with Crippen molar-refractivity contribution < 1.29 is 9.90 Å². The third-order valence-electron chi connectivity index (χ3n) is 5.37. The van der Waals surface area contributed by atoms with E-state index in [0.29, 0.717) is 18.8 Å². The van der Waals surface area contributed by atoms with E-state index >= 15 is 0 Å². The number of piperazine rings is 1. The van der Waals surface area contributed by atoms with Crippen molar-refractivity contribution in [3.05, 3.63) is 72.6 Å². The molecule has 144 valence electrons. The summed E-state index contributed by atoms with van der Waals surface area (Å²) in [7, 11) is 1.89. The molecule has 0 amide bonds. The average molecular weight is 376 g/mol. The minimum Gasteiger partial charge on any atom is -0.480 e. The van der Waals surface area contributed by atoms with Gasteiger partial charge in [0.15, 0.2) is 6.04 Å².